The molecule has 2 rings (SSSR count). The van der Waals surface area contributed by atoms with Crippen LogP contribution >= 0.6 is 15.9 Å². The van der Waals surface area contributed by atoms with E-state index in [4.69, 9.17) is 0 Å². The van der Waals surface area contributed by atoms with Crippen molar-refractivity contribution >= 4 is 15.9 Å². The van der Waals surface area contributed by atoms with E-state index in [1.807, 2.05) is 0 Å². The first-order chi connectivity index (χ1) is 7.66. The van der Waals surface area contributed by atoms with Crippen LogP contribution in [0.3, 0.4) is 0 Å². The first-order valence-corrected chi connectivity index (χ1v) is 6.64. The molecule has 0 amide bonds. The number of piperazine rings is 1. The Kier molecular flexibility index (Phi) is 4.00. The fourth-order valence-corrected chi connectivity index (χ4v) is 2.61. The number of hydrogen-bond acceptors (Lipinski definition) is 2. The Morgan fingerprint density at radius 2 is 2.06 bits per heavy atom. The summed E-state index contributed by atoms with van der Waals surface area (Å²) in [6, 6.07) is 9.84. The van der Waals surface area contributed by atoms with Crippen LogP contribution in [-0.2, 0) is 6.42 Å². The van der Waals surface area contributed by atoms with Gasteiger partial charge < -0.3 is 10.2 Å². The van der Waals surface area contributed by atoms with Gasteiger partial charge in [-0.2, -0.15) is 0 Å². The number of hydrogen-bond donors (Lipinski definition) is 1. The summed E-state index contributed by atoms with van der Waals surface area (Å²) in [5.74, 6) is 0. The van der Waals surface area contributed by atoms with Gasteiger partial charge in [0, 0.05) is 29.6 Å². The second-order valence-electron chi connectivity index (χ2n) is 4.62. The molecule has 0 bridgehead atoms. The van der Waals surface area contributed by atoms with Crippen LogP contribution in [0.2, 0.25) is 0 Å². The van der Waals surface area contributed by atoms with E-state index < -0.39 is 0 Å². The molecule has 2 nitrogen and oxygen atoms in total. The second-order valence-corrected chi connectivity index (χ2v) is 5.54. The zero-order chi connectivity index (χ0) is 11.5. The van der Waals surface area contributed by atoms with E-state index in [-0.39, 0.29) is 0 Å². The summed E-state index contributed by atoms with van der Waals surface area (Å²) < 4.78 is 1.15. The van der Waals surface area contributed by atoms with E-state index >= 15 is 0 Å². The maximum Gasteiger partial charge on any atom is 0.0284 e. The quantitative estimate of drug-likeness (QED) is 0.896. The van der Waals surface area contributed by atoms with E-state index in [9.17, 15) is 0 Å². The number of nitrogens with zero attached hydrogens (tertiary/aromatic N) is 1. The van der Waals surface area contributed by atoms with Gasteiger partial charge in [0.05, 0.1) is 0 Å². The SMILES string of the molecule is CC1NCCN(C)C1Cc1ccc(Br)cc1. The first-order valence-electron chi connectivity index (χ1n) is 5.85. The third kappa shape index (κ3) is 2.84. The molecule has 0 radical (unpaired) electrons. The number of likely N-dealkylation sites (N-methyl/N-ethyl adjacent to an activating group) is 1. The number of nitrogens with one attached hydrogen (secondary N) is 1. The molecule has 1 N–H and O–H groups in total. The molecule has 0 spiro atoms. The molecule has 88 valence electrons. The van der Waals surface area contributed by atoms with E-state index in [1.54, 1.807) is 0 Å². The fraction of sp³-hybridized carbons (Fsp3) is 0.538. The van der Waals surface area contributed by atoms with Crippen molar-refractivity contribution in [2.75, 3.05) is 20.1 Å². The van der Waals surface area contributed by atoms with Gasteiger partial charge in [-0.1, -0.05) is 28.1 Å². The van der Waals surface area contributed by atoms with Gasteiger partial charge in [-0.3, -0.25) is 0 Å². The molecular weight excluding hydrogens is 264 g/mol. The minimum absolute atomic E-state index is 0.572. The molecule has 3 heteroatoms. The third-order valence-corrected chi connectivity index (χ3v) is 3.96. The Morgan fingerprint density at radius 3 is 2.69 bits per heavy atom. The molecule has 1 aliphatic rings. The Labute approximate surface area is 106 Å². The molecule has 1 aromatic carbocycles. The molecule has 2 unspecified atom stereocenters. The highest BCUT2D eigenvalue weighted by atomic mass is 79.9. The number of benzene rings is 1. The van der Waals surface area contributed by atoms with E-state index in [0.29, 0.717) is 12.1 Å². The zero-order valence-electron chi connectivity index (χ0n) is 9.91. The average Bonchev–Trinajstić information content (AvgIpc) is 2.26. The monoisotopic (exact) mass is 282 g/mol. The minimum atomic E-state index is 0.572. The third-order valence-electron chi connectivity index (χ3n) is 3.43. The molecule has 0 saturated carbocycles. The highest BCUT2D eigenvalue weighted by Gasteiger charge is 2.25. The molecule has 1 saturated heterocycles. The summed E-state index contributed by atoms with van der Waals surface area (Å²) >= 11 is 3.47. The van der Waals surface area contributed by atoms with Crippen LogP contribution in [0, 0.1) is 0 Å². The topological polar surface area (TPSA) is 15.3 Å². The van der Waals surface area contributed by atoms with Crippen molar-refractivity contribution in [3.05, 3.63) is 34.3 Å². The Balaban J connectivity index is 2.04. The van der Waals surface area contributed by atoms with Crippen LogP contribution in [0.1, 0.15) is 12.5 Å². The van der Waals surface area contributed by atoms with Crippen LogP contribution in [0.15, 0.2) is 28.7 Å². The average molecular weight is 283 g/mol. The van der Waals surface area contributed by atoms with Crippen LogP contribution in [0.4, 0.5) is 0 Å². The van der Waals surface area contributed by atoms with Crippen molar-refractivity contribution in [1.29, 1.82) is 0 Å². The van der Waals surface area contributed by atoms with Crippen molar-refractivity contribution in [3.63, 3.8) is 0 Å². The van der Waals surface area contributed by atoms with Crippen molar-refractivity contribution < 1.29 is 0 Å². The summed E-state index contributed by atoms with van der Waals surface area (Å²) in [5, 5.41) is 3.54. The molecule has 1 aromatic rings. The lowest BCUT2D eigenvalue weighted by Gasteiger charge is -2.38. The van der Waals surface area contributed by atoms with Crippen molar-refractivity contribution in [3.8, 4) is 0 Å². The van der Waals surface area contributed by atoms with Gasteiger partial charge in [-0.25, -0.2) is 0 Å². The molecule has 1 heterocycles. The summed E-state index contributed by atoms with van der Waals surface area (Å²) in [6.07, 6.45) is 1.12. The lowest BCUT2D eigenvalue weighted by molar-refractivity contribution is 0.157. The van der Waals surface area contributed by atoms with Gasteiger partial charge in [0.1, 0.15) is 0 Å². The molecule has 0 aromatic heterocycles. The first kappa shape index (κ1) is 12.1. The van der Waals surface area contributed by atoms with E-state index in [1.165, 1.54) is 5.56 Å². The van der Waals surface area contributed by atoms with E-state index in [2.05, 4.69) is 64.4 Å². The highest BCUT2D eigenvalue weighted by Crippen LogP contribution is 2.16. The summed E-state index contributed by atoms with van der Waals surface area (Å²) in [5.41, 5.74) is 1.41. The van der Waals surface area contributed by atoms with E-state index in [0.717, 1.165) is 24.0 Å². The van der Waals surface area contributed by atoms with Crippen LogP contribution < -0.4 is 5.32 Å². The maximum absolute atomic E-state index is 3.54. The smallest absolute Gasteiger partial charge is 0.0284 e. The van der Waals surface area contributed by atoms with Crippen LogP contribution in [-0.4, -0.2) is 37.1 Å². The summed E-state index contributed by atoms with van der Waals surface area (Å²) in [4.78, 5) is 2.46. The maximum atomic E-state index is 3.54. The van der Waals surface area contributed by atoms with Crippen LogP contribution in [0.25, 0.3) is 0 Å². The highest BCUT2D eigenvalue weighted by molar-refractivity contribution is 9.10. The number of rotatable bonds is 2. The van der Waals surface area contributed by atoms with Gasteiger partial charge in [-0.05, 0) is 38.1 Å². The van der Waals surface area contributed by atoms with Crippen molar-refractivity contribution in [2.45, 2.75) is 25.4 Å². The predicted molar refractivity (Wildman–Crippen MR) is 71.7 cm³/mol. The number of halogens is 1. The summed E-state index contributed by atoms with van der Waals surface area (Å²) in [7, 11) is 2.22. The van der Waals surface area contributed by atoms with Gasteiger partial charge in [0.2, 0.25) is 0 Å². The molecule has 0 aliphatic carbocycles. The van der Waals surface area contributed by atoms with Gasteiger partial charge in [0.15, 0.2) is 0 Å². The molecule has 16 heavy (non-hydrogen) atoms. The molecule has 1 fully saturated rings. The minimum Gasteiger partial charge on any atom is -0.311 e. The zero-order valence-corrected chi connectivity index (χ0v) is 11.5. The van der Waals surface area contributed by atoms with Crippen molar-refractivity contribution in [1.82, 2.24) is 10.2 Å². The molecule has 2 atom stereocenters. The van der Waals surface area contributed by atoms with Crippen LogP contribution in [0.5, 0.6) is 0 Å². The predicted octanol–water partition coefficient (Wildman–Crippen LogP) is 2.28. The lowest BCUT2D eigenvalue weighted by Crippen LogP contribution is -2.55. The standard InChI is InChI=1S/C13H19BrN2/c1-10-13(16(2)8-7-15-10)9-11-3-5-12(14)6-4-11/h3-6,10,13,15H,7-9H2,1-2H3. The van der Waals surface area contributed by atoms with Gasteiger partial charge in [-0.15, -0.1) is 0 Å². The molecular formula is C13H19BrN2. The fourth-order valence-electron chi connectivity index (χ4n) is 2.35. The largest absolute Gasteiger partial charge is 0.311 e. The Bertz CT molecular complexity index is 326. The Hall–Kier alpha value is -0.380. The molecule has 1 aliphatic heterocycles. The lowest BCUT2D eigenvalue weighted by atomic mass is 9.97. The van der Waals surface area contributed by atoms with Crippen molar-refractivity contribution in [2.24, 2.45) is 0 Å². The van der Waals surface area contributed by atoms with Gasteiger partial charge in [0.25, 0.3) is 0 Å². The normalized spacial score (nSPS) is 26.9. The Morgan fingerprint density at radius 1 is 1.38 bits per heavy atom. The second kappa shape index (κ2) is 5.30. The summed E-state index contributed by atoms with van der Waals surface area (Å²) in [6.45, 7) is 4.53. The van der Waals surface area contributed by atoms with Gasteiger partial charge >= 0.3 is 0 Å².